The molecule has 0 amide bonds. The normalized spacial score (nSPS) is 11.6. The van der Waals surface area contributed by atoms with Crippen molar-refractivity contribution in [2.75, 3.05) is 23.9 Å². The van der Waals surface area contributed by atoms with Gasteiger partial charge in [0.25, 0.3) is 0 Å². The van der Waals surface area contributed by atoms with Gasteiger partial charge in [-0.05, 0) is 61.1 Å². The highest BCUT2D eigenvalue weighted by atomic mass is 79.9. The fraction of sp³-hybridized carbons (Fsp3) is 0.478. The quantitative estimate of drug-likeness (QED) is 0.171. The molecule has 0 saturated heterocycles. The van der Waals surface area contributed by atoms with Crippen molar-refractivity contribution in [2.45, 2.75) is 44.9 Å². The number of benzene rings is 2. The van der Waals surface area contributed by atoms with E-state index in [9.17, 15) is 0 Å². The van der Waals surface area contributed by atoms with Crippen molar-refractivity contribution in [3.63, 3.8) is 0 Å². The van der Waals surface area contributed by atoms with Gasteiger partial charge in [0.05, 0.1) is 33.3 Å². The Morgan fingerprint density at radius 1 is 0.645 bits per heavy atom. The topological polar surface area (TPSA) is 18.5 Å². The van der Waals surface area contributed by atoms with E-state index in [1.54, 1.807) is 0 Å². The Hall–Kier alpha value is 0.160. The van der Waals surface area contributed by atoms with Crippen molar-refractivity contribution in [2.24, 2.45) is 0 Å². The van der Waals surface area contributed by atoms with Gasteiger partial charge in [-0.3, -0.25) is 0 Å². The Bertz CT molecular complexity index is 759. The number of rotatable bonds is 12. The molecule has 2 rings (SSSR count). The summed E-state index contributed by atoms with van der Waals surface area (Å²) in [7, 11) is 0. The summed E-state index contributed by atoms with van der Waals surface area (Å²) >= 11 is 32.9. The number of hydrogen-bond acceptors (Lipinski definition) is 2. The van der Waals surface area contributed by atoms with E-state index in [4.69, 9.17) is 55.9 Å². The van der Waals surface area contributed by atoms with Crippen molar-refractivity contribution in [1.82, 2.24) is 0 Å². The molecule has 0 aliphatic heterocycles. The summed E-state index contributed by atoms with van der Waals surface area (Å²) < 4.78 is 11.6. The SMILES string of the molecule is CC(C)(c1cc(Cl)c(OCCCCBr)c(Cl)c1)c1cc(Cl)c(OCCCCBr)c(Cl)c1. The molecular formula is C23H26Br2Cl4O2. The Morgan fingerprint density at radius 3 is 1.26 bits per heavy atom. The van der Waals surface area contributed by atoms with Crippen molar-refractivity contribution in [3.05, 3.63) is 55.5 Å². The molecule has 0 aliphatic carbocycles. The third-order valence-electron chi connectivity index (χ3n) is 4.99. The van der Waals surface area contributed by atoms with E-state index in [1.165, 1.54) is 0 Å². The molecule has 0 atom stereocenters. The van der Waals surface area contributed by atoms with Gasteiger partial charge in [-0.1, -0.05) is 92.1 Å². The summed E-state index contributed by atoms with van der Waals surface area (Å²) in [5.74, 6) is 1.03. The monoisotopic (exact) mass is 632 g/mol. The lowest BCUT2D eigenvalue weighted by molar-refractivity contribution is 0.310. The zero-order chi connectivity index (χ0) is 23.0. The molecule has 2 aromatic rings. The van der Waals surface area contributed by atoms with Gasteiger partial charge in [-0.25, -0.2) is 0 Å². The second-order valence-electron chi connectivity index (χ2n) is 7.65. The van der Waals surface area contributed by atoms with Crippen LogP contribution in [0, 0.1) is 0 Å². The van der Waals surface area contributed by atoms with Crippen LogP contribution in [0.3, 0.4) is 0 Å². The lowest BCUT2D eigenvalue weighted by Crippen LogP contribution is -2.19. The molecular weight excluding hydrogens is 610 g/mol. The predicted octanol–water partition coefficient (Wildman–Crippen LogP) is 9.73. The summed E-state index contributed by atoms with van der Waals surface area (Å²) in [6.45, 7) is 5.28. The van der Waals surface area contributed by atoms with Gasteiger partial charge in [-0.15, -0.1) is 0 Å². The van der Waals surface area contributed by atoms with E-state index in [0.717, 1.165) is 47.5 Å². The molecule has 0 unspecified atom stereocenters. The molecule has 0 fully saturated rings. The van der Waals surface area contributed by atoms with Crippen molar-refractivity contribution in [3.8, 4) is 11.5 Å². The third kappa shape index (κ3) is 7.58. The Balaban J connectivity index is 2.26. The number of hydrogen-bond donors (Lipinski definition) is 0. The van der Waals surface area contributed by atoms with E-state index >= 15 is 0 Å². The Morgan fingerprint density at radius 2 is 0.968 bits per heavy atom. The second kappa shape index (κ2) is 13.2. The maximum Gasteiger partial charge on any atom is 0.156 e. The minimum Gasteiger partial charge on any atom is -0.490 e. The van der Waals surface area contributed by atoms with Crippen LogP contribution < -0.4 is 9.47 Å². The lowest BCUT2D eigenvalue weighted by Gasteiger charge is -2.28. The molecule has 8 heteroatoms. The largest absolute Gasteiger partial charge is 0.490 e. The van der Waals surface area contributed by atoms with Crippen molar-refractivity contribution in [1.29, 1.82) is 0 Å². The number of halogens is 6. The highest BCUT2D eigenvalue weighted by Crippen LogP contribution is 2.43. The summed E-state index contributed by atoms with van der Waals surface area (Å²) in [5, 5.41) is 3.82. The summed E-state index contributed by atoms with van der Waals surface area (Å²) in [5.41, 5.74) is 1.44. The van der Waals surface area contributed by atoms with Crippen LogP contribution in [0.25, 0.3) is 0 Å². The van der Waals surface area contributed by atoms with Crippen LogP contribution in [0.2, 0.25) is 20.1 Å². The molecule has 0 spiro atoms. The molecule has 0 saturated carbocycles. The second-order valence-corrected chi connectivity index (χ2v) is 10.9. The van der Waals surface area contributed by atoms with Gasteiger partial charge >= 0.3 is 0 Å². The molecule has 0 aliphatic rings. The van der Waals surface area contributed by atoms with E-state index in [2.05, 4.69) is 45.7 Å². The van der Waals surface area contributed by atoms with Gasteiger partial charge in [0.2, 0.25) is 0 Å². The summed E-state index contributed by atoms with van der Waals surface area (Å²) in [4.78, 5) is 0. The molecule has 0 bridgehead atoms. The van der Waals surface area contributed by atoms with Gasteiger partial charge in [-0.2, -0.15) is 0 Å². The van der Waals surface area contributed by atoms with Crippen LogP contribution in [-0.4, -0.2) is 23.9 Å². The van der Waals surface area contributed by atoms with Crippen molar-refractivity contribution >= 4 is 78.3 Å². The van der Waals surface area contributed by atoms with Gasteiger partial charge in [0, 0.05) is 16.1 Å². The number of alkyl halides is 2. The Kier molecular flexibility index (Phi) is 11.6. The molecule has 0 radical (unpaired) electrons. The fourth-order valence-electron chi connectivity index (χ4n) is 3.03. The summed E-state index contributed by atoms with van der Waals surface area (Å²) in [6, 6.07) is 7.55. The van der Waals surface area contributed by atoms with E-state index in [0.29, 0.717) is 44.8 Å². The van der Waals surface area contributed by atoms with E-state index < -0.39 is 5.41 Å². The van der Waals surface area contributed by atoms with Crippen LogP contribution in [0.5, 0.6) is 11.5 Å². The molecule has 2 aromatic carbocycles. The lowest BCUT2D eigenvalue weighted by atomic mass is 9.78. The molecule has 0 aromatic heterocycles. The minimum atomic E-state index is -0.441. The van der Waals surface area contributed by atoms with Gasteiger partial charge < -0.3 is 9.47 Å². The average Bonchev–Trinajstić information content (AvgIpc) is 2.71. The maximum atomic E-state index is 6.52. The van der Waals surface area contributed by atoms with Crippen LogP contribution in [0.1, 0.15) is 50.7 Å². The van der Waals surface area contributed by atoms with Crippen LogP contribution in [-0.2, 0) is 5.41 Å². The predicted molar refractivity (Wildman–Crippen MR) is 142 cm³/mol. The van der Waals surface area contributed by atoms with Crippen LogP contribution in [0.4, 0.5) is 0 Å². The number of ether oxygens (including phenoxy) is 2. The summed E-state index contributed by atoms with van der Waals surface area (Å²) in [6.07, 6.45) is 3.90. The van der Waals surface area contributed by atoms with Gasteiger partial charge in [0.15, 0.2) is 11.5 Å². The highest BCUT2D eigenvalue weighted by Gasteiger charge is 2.27. The minimum absolute atomic E-state index is 0.441. The average molecular weight is 636 g/mol. The smallest absolute Gasteiger partial charge is 0.156 e. The van der Waals surface area contributed by atoms with E-state index in [-0.39, 0.29) is 0 Å². The molecule has 31 heavy (non-hydrogen) atoms. The molecule has 172 valence electrons. The van der Waals surface area contributed by atoms with Crippen LogP contribution >= 0.6 is 78.3 Å². The maximum absolute atomic E-state index is 6.52. The first-order valence-corrected chi connectivity index (χ1v) is 13.8. The van der Waals surface area contributed by atoms with E-state index in [1.807, 2.05) is 24.3 Å². The zero-order valence-electron chi connectivity index (χ0n) is 17.6. The molecule has 2 nitrogen and oxygen atoms in total. The zero-order valence-corrected chi connectivity index (χ0v) is 23.7. The molecule has 0 heterocycles. The fourth-order valence-corrected chi connectivity index (χ4v) is 5.01. The van der Waals surface area contributed by atoms with Crippen LogP contribution in [0.15, 0.2) is 24.3 Å². The third-order valence-corrected chi connectivity index (χ3v) is 7.23. The molecule has 0 N–H and O–H groups in total. The first kappa shape index (κ1) is 27.4. The Labute approximate surface area is 222 Å². The first-order valence-electron chi connectivity index (χ1n) is 10.1. The standard InChI is InChI=1S/C23H26Br2Cl4O2/c1-23(2,15-11-17(26)21(18(27)12-15)30-9-5-3-7-24)16-13-19(28)22(20(29)14-16)31-10-6-4-8-25/h11-14H,3-10H2,1-2H3. The first-order chi connectivity index (χ1) is 14.7. The van der Waals surface area contributed by atoms with Gasteiger partial charge in [0.1, 0.15) is 0 Å². The number of unbranched alkanes of at least 4 members (excludes halogenated alkanes) is 2. The highest BCUT2D eigenvalue weighted by molar-refractivity contribution is 9.09. The van der Waals surface area contributed by atoms with Crippen molar-refractivity contribution < 1.29 is 9.47 Å².